The summed E-state index contributed by atoms with van der Waals surface area (Å²) in [5.74, 6) is -0.682. The monoisotopic (exact) mass is 252 g/mol. The first-order chi connectivity index (χ1) is 8.39. The first-order valence-electron chi connectivity index (χ1n) is 6.18. The summed E-state index contributed by atoms with van der Waals surface area (Å²) in [6.45, 7) is 6.24. The lowest BCUT2D eigenvalue weighted by molar-refractivity contribution is -0.146. The van der Waals surface area contributed by atoms with Crippen molar-refractivity contribution in [2.45, 2.75) is 27.2 Å². The van der Waals surface area contributed by atoms with Crippen LogP contribution in [0.25, 0.3) is 0 Å². The fourth-order valence-electron chi connectivity index (χ4n) is 2.22. The van der Waals surface area contributed by atoms with Crippen molar-refractivity contribution in [3.63, 3.8) is 0 Å². The highest BCUT2D eigenvalue weighted by Gasteiger charge is 2.43. The summed E-state index contributed by atoms with van der Waals surface area (Å²) in [5.41, 5.74) is -0.995. The zero-order valence-electron chi connectivity index (χ0n) is 11.4. The molecule has 1 amide bonds. The minimum atomic E-state index is -0.995. The number of hydrogen-bond acceptors (Lipinski definition) is 4. The predicted molar refractivity (Wildman–Crippen MR) is 65.3 cm³/mol. The van der Waals surface area contributed by atoms with Gasteiger partial charge < -0.3 is 9.64 Å². The van der Waals surface area contributed by atoms with E-state index in [1.54, 1.807) is 11.8 Å². The molecule has 0 aliphatic carbocycles. The molecule has 0 saturated carbocycles. The van der Waals surface area contributed by atoms with E-state index in [1.165, 1.54) is 7.11 Å². The summed E-state index contributed by atoms with van der Waals surface area (Å²) >= 11 is 0. The van der Waals surface area contributed by atoms with Crippen LogP contribution in [0.15, 0.2) is 0 Å². The molecule has 1 fully saturated rings. The lowest BCUT2D eigenvalue weighted by Gasteiger charge is -2.25. The fraction of sp³-hybridized carbons (Fsp3) is 0.769. The van der Waals surface area contributed by atoms with Gasteiger partial charge in [-0.25, -0.2) is 0 Å². The van der Waals surface area contributed by atoms with Gasteiger partial charge in [-0.05, 0) is 19.3 Å². The van der Waals surface area contributed by atoms with E-state index in [2.05, 4.69) is 6.07 Å². The Morgan fingerprint density at radius 1 is 1.50 bits per heavy atom. The number of hydrogen-bond donors (Lipinski definition) is 0. The molecule has 5 heteroatoms. The third kappa shape index (κ3) is 2.47. The molecule has 3 atom stereocenters. The van der Waals surface area contributed by atoms with Gasteiger partial charge in [0.15, 0.2) is 0 Å². The third-order valence-corrected chi connectivity index (χ3v) is 3.83. The summed E-state index contributed by atoms with van der Waals surface area (Å²) in [6.07, 6.45) is 0.468. The molecule has 3 unspecified atom stereocenters. The van der Waals surface area contributed by atoms with Crippen LogP contribution in [-0.2, 0) is 14.3 Å². The van der Waals surface area contributed by atoms with Crippen molar-refractivity contribution >= 4 is 11.9 Å². The van der Waals surface area contributed by atoms with E-state index < -0.39 is 5.41 Å². The number of amides is 1. The van der Waals surface area contributed by atoms with E-state index in [0.717, 1.165) is 0 Å². The van der Waals surface area contributed by atoms with Crippen LogP contribution in [0.1, 0.15) is 27.2 Å². The molecule has 0 aromatic rings. The maximum atomic E-state index is 12.3. The van der Waals surface area contributed by atoms with E-state index in [9.17, 15) is 9.59 Å². The molecule has 0 bridgehead atoms. The summed E-state index contributed by atoms with van der Waals surface area (Å²) in [4.78, 5) is 25.4. The van der Waals surface area contributed by atoms with Gasteiger partial charge >= 0.3 is 5.97 Å². The van der Waals surface area contributed by atoms with Crippen LogP contribution in [0.2, 0.25) is 0 Å². The van der Waals surface area contributed by atoms with Gasteiger partial charge in [0.25, 0.3) is 0 Å². The average Bonchev–Trinajstić information content (AvgIpc) is 2.78. The Morgan fingerprint density at radius 3 is 2.56 bits per heavy atom. The Bertz CT molecular complexity index is 388. The van der Waals surface area contributed by atoms with Gasteiger partial charge in [-0.1, -0.05) is 13.8 Å². The van der Waals surface area contributed by atoms with Crippen LogP contribution in [0.3, 0.4) is 0 Å². The number of nitrogens with zero attached hydrogens (tertiary/aromatic N) is 2. The van der Waals surface area contributed by atoms with E-state index >= 15 is 0 Å². The predicted octanol–water partition coefficient (Wildman–Crippen LogP) is 1.19. The Hall–Kier alpha value is -1.57. The van der Waals surface area contributed by atoms with E-state index in [1.807, 2.05) is 13.8 Å². The molecule has 18 heavy (non-hydrogen) atoms. The molecule has 1 saturated heterocycles. The molecule has 1 heterocycles. The summed E-state index contributed by atoms with van der Waals surface area (Å²) < 4.78 is 4.73. The normalized spacial score (nSPS) is 26.3. The van der Waals surface area contributed by atoms with Gasteiger partial charge in [0.05, 0.1) is 19.1 Å². The second-order valence-electron chi connectivity index (χ2n) is 5.11. The van der Waals surface area contributed by atoms with Gasteiger partial charge in [-0.2, -0.15) is 5.26 Å². The number of methoxy groups -OCH3 is 1. The number of carbonyl (C=O) groups is 2. The fourth-order valence-corrected chi connectivity index (χ4v) is 2.22. The second kappa shape index (κ2) is 5.38. The summed E-state index contributed by atoms with van der Waals surface area (Å²) in [7, 11) is 1.35. The standard InChI is InChI=1S/C13H20N2O3/c1-5-13(3,8-14)12(17)15-6-9(2)10(7-15)11(16)18-4/h9-10H,5-7H2,1-4H3. The van der Waals surface area contributed by atoms with Crippen molar-refractivity contribution < 1.29 is 14.3 Å². The van der Waals surface area contributed by atoms with Crippen LogP contribution in [0, 0.1) is 28.6 Å². The van der Waals surface area contributed by atoms with Crippen molar-refractivity contribution in [2.24, 2.45) is 17.3 Å². The van der Waals surface area contributed by atoms with Crippen molar-refractivity contribution in [2.75, 3.05) is 20.2 Å². The maximum absolute atomic E-state index is 12.3. The molecule has 5 nitrogen and oxygen atoms in total. The van der Waals surface area contributed by atoms with Gasteiger partial charge in [0, 0.05) is 13.1 Å². The van der Waals surface area contributed by atoms with Gasteiger partial charge in [0.1, 0.15) is 5.41 Å². The van der Waals surface area contributed by atoms with Crippen LogP contribution in [0.5, 0.6) is 0 Å². The molecule has 1 aliphatic rings. The molecule has 1 aliphatic heterocycles. The minimum absolute atomic E-state index is 0.0706. The zero-order valence-corrected chi connectivity index (χ0v) is 11.4. The topological polar surface area (TPSA) is 70.4 Å². The number of carbonyl (C=O) groups excluding carboxylic acids is 2. The SMILES string of the molecule is CCC(C)(C#N)C(=O)N1CC(C)C(C(=O)OC)C1. The van der Waals surface area contributed by atoms with Crippen molar-refractivity contribution in [1.29, 1.82) is 5.26 Å². The number of likely N-dealkylation sites (tertiary alicyclic amines) is 1. The summed E-state index contributed by atoms with van der Waals surface area (Å²) in [6, 6.07) is 2.07. The highest BCUT2D eigenvalue weighted by molar-refractivity contribution is 5.86. The number of nitriles is 1. The van der Waals surface area contributed by atoms with Crippen molar-refractivity contribution in [3.05, 3.63) is 0 Å². The number of esters is 1. The molecule has 0 aromatic carbocycles. The lowest BCUT2D eigenvalue weighted by Crippen LogP contribution is -2.40. The van der Waals surface area contributed by atoms with Crippen LogP contribution < -0.4 is 0 Å². The van der Waals surface area contributed by atoms with E-state index in [0.29, 0.717) is 19.5 Å². The van der Waals surface area contributed by atoms with Gasteiger partial charge in [-0.15, -0.1) is 0 Å². The Balaban J connectivity index is 2.81. The van der Waals surface area contributed by atoms with Crippen LogP contribution >= 0.6 is 0 Å². The Kier molecular flexibility index (Phi) is 4.33. The average molecular weight is 252 g/mol. The van der Waals surface area contributed by atoms with Crippen LogP contribution in [0.4, 0.5) is 0 Å². The van der Waals surface area contributed by atoms with E-state index in [4.69, 9.17) is 10.00 Å². The van der Waals surface area contributed by atoms with Crippen molar-refractivity contribution in [1.82, 2.24) is 4.90 Å². The molecular formula is C13H20N2O3. The molecule has 0 aromatic heterocycles. The van der Waals surface area contributed by atoms with Crippen molar-refractivity contribution in [3.8, 4) is 6.07 Å². The number of ether oxygens (including phenoxy) is 1. The van der Waals surface area contributed by atoms with E-state index in [-0.39, 0.29) is 23.7 Å². The Labute approximate surface area is 108 Å². The van der Waals surface area contributed by atoms with Gasteiger partial charge in [-0.3, -0.25) is 9.59 Å². The quantitative estimate of drug-likeness (QED) is 0.707. The van der Waals surface area contributed by atoms with Gasteiger partial charge in [0.2, 0.25) is 5.91 Å². The second-order valence-corrected chi connectivity index (χ2v) is 5.11. The minimum Gasteiger partial charge on any atom is -0.469 e. The lowest BCUT2D eigenvalue weighted by atomic mass is 9.88. The molecular weight excluding hydrogens is 232 g/mol. The van der Waals surface area contributed by atoms with Crippen LogP contribution in [-0.4, -0.2) is 37.0 Å². The highest BCUT2D eigenvalue weighted by atomic mass is 16.5. The third-order valence-electron chi connectivity index (χ3n) is 3.83. The first-order valence-corrected chi connectivity index (χ1v) is 6.18. The smallest absolute Gasteiger partial charge is 0.310 e. The molecule has 0 N–H and O–H groups in total. The Morgan fingerprint density at radius 2 is 2.11 bits per heavy atom. The molecule has 1 rings (SSSR count). The maximum Gasteiger partial charge on any atom is 0.310 e. The first kappa shape index (κ1) is 14.5. The highest BCUT2D eigenvalue weighted by Crippen LogP contribution is 2.30. The molecule has 100 valence electrons. The zero-order chi connectivity index (χ0) is 13.9. The molecule has 0 radical (unpaired) electrons. The molecule has 0 spiro atoms. The largest absolute Gasteiger partial charge is 0.469 e. The summed E-state index contributed by atoms with van der Waals surface area (Å²) in [5, 5.41) is 9.11. The number of rotatable bonds is 3.